The lowest BCUT2D eigenvalue weighted by Gasteiger charge is -2.38. The second-order valence-electron chi connectivity index (χ2n) is 9.60. The molecule has 0 radical (unpaired) electrons. The number of rotatable bonds is 2. The standard InChI is InChI=1S/C32H22O/c1-3-13-22(14-4-1)31-26-19-7-8-20-27(26)32(33-31,23-15-5-2-6-16-23)30-25-18-10-12-21-11-9-17-24(28(21)25)29(30)31/h1-20,29-30H. The molecule has 33 heavy (non-hydrogen) atoms. The van der Waals surface area contributed by atoms with Crippen LogP contribution in [0.1, 0.15) is 45.2 Å². The van der Waals surface area contributed by atoms with Crippen molar-refractivity contribution in [3.63, 3.8) is 0 Å². The average Bonchev–Trinajstić information content (AvgIpc) is 3.51. The van der Waals surface area contributed by atoms with Gasteiger partial charge >= 0.3 is 0 Å². The van der Waals surface area contributed by atoms with Crippen molar-refractivity contribution in [2.24, 2.45) is 0 Å². The van der Waals surface area contributed by atoms with E-state index < -0.39 is 11.2 Å². The lowest BCUT2D eigenvalue weighted by Crippen LogP contribution is -2.35. The molecule has 1 fully saturated rings. The summed E-state index contributed by atoms with van der Waals surface area (Å²) >= 11 is 0. The number of hydrogen-bond donors (Lipinski definition) is 0. The number of fused-ring (bicyclic) bond motifs is 10. The van der Waals surface area contributed by atoms with Crippen LogP contribution in [0.2, 0.25) is 0 Å². The van der Waals surface area contributed by atoms with Crippen molar-refractivity contribution < 1.29 is 4.74 Å². The smallest absolute Gasteiger partial charge is 0.128 e. The summed E-state index contributed by atoms with van der Waals surface area (Å²) in [5, 5.41) is 2.75. The van der Waals surface area contributed by atoms with E-state index in [9.17, 15) is 0 Å². The average molecular weight is 423 g/mol. The molecule has 1 aliphatic carbocycles. The predicted molar refractivity (Wildman–Crippen MR) is 131 cm³/mol. The Hall–Kier alpha value is -3.68. The molecule has 3 aliphatic rings. The Kier molecular flexibility index (Phi) is 3.24. The topological polar surface area (TPSA) is 9.23 Å². The summed E-state index contributed by atoms with van der Waals surface area (Å²) in [7, 11) is 0. The van der Waals surface area contributed by atoms with Gasteiger partial charge < -0.3 is 4.74 Å². The summed E-state index contributed by atoms with van der Waals surface area (Å²) in [5.74, 6) is 0.437. The molecular weight excluding hydrogens is 400 g/mol. The fourth-order valence-corrected chi connectivity index (χ4v) is 7.30. The maximum Gasteiger partial charge on any atom is 0.128 e. The van der Waals surface area contributed by atoms with Crippen molar-refractivity contribution in [1.82, 2.24) is 0 Å². The van der Waals surface area contributed by atoms with E-state index in [0.29, 0.717) is 0 Å². The Morgan fingerprint density at radius 3 is 1.39 bits per heavy atom. The van der Waals surface area contributed by atoms with E-state index >= 15 is 0 Å². The summed E-state index contributed by atoms with van der Waals surface area (Å²) in [6.45, 7) is 0. The summed E-state index contributed by atoms with van der Waals surface area (Å²) in [5.41, 5.74) is 6.91. The summed E-state index contributed by atoms with van der Waals surface area (Å²) in [6, 6.07) is 44.4. The van der Waals surface area contributed by atoms with E-state index in [1.54, 1.807) is 0 Å². The van der Waals surface area contributed by atoms with Crippen LogP contribution in [-0.2, 0) is 15.9 Å². The Labute approximate surface area is 193 Å². The molecule has 2 aliphatic heterocycles. The second kappa shape index (κ2) is 6.01. The molecule has 0 aromatic heterocycles. The normalized spacial score (nSPS) is 28.1. The van der Waals surface area contributed by atoms with Gasteiger partial charge in [0.2, 0.25) is 0 Å². The van der Waals surface area contributed by atoms with Gasteiger partial charge in [-0.1, -0.05) is 121 Å². The van der Waals surface area contributed by atoms with E-state index in [-0.39, 0.29) is 11.8 Å². The van der Waals surface area contributed by atoms with Gasteiger partial charge in [0.15, 0.2) is 0 Å². The van der Waals surface area contributed by atoms with Crippen LogP contribution in [0.15, 0.2) is 121 Å². The molecule has 8 rings (SSSR count). The summed E-state index contributed by atoms with van der Waals surface area (Å²) in [4.78, 5) is 0. The highest BCUT2D eigenvalue weighted by molar-refractivity contribution is 5.94. The zero-order valence-corrected chi connectivity index (χ0v) is 18.1. The molecule has 156 valence electrons. The van der Waals surface area contributed by atoms with E-state index in [0.717, 1.165) is 0 Å². The minimum Gasteiger partial charge on any atom is -0.348 e. The van der Waals surface area contributed by atoms with Gasteiger partial charge in [-0.15, -0.1) is 0 Å². The quantitative estimate of drug-likeness (QED) is 0.291. The Morgan fingerprint density at radius 2 is 0.909 bits per heavy atom. The van der Waals surface area contributed by atoms with Crippen molar-refractivity contribution in [3.8, 4) is 0 Å². The van der Waals surface area contributed by atoms with Gasteiger partial charge in [0.1, 0.15) is 11.2 Å². The summed E-state index contributed by atoms with van der Waals surface area (Å²) in [6.07, 6.45) is 0. The maximum absolute atomic E-state index is 7.55. The molecular formula is C32H22O. The third-order valence-corrected chi connectivity index (χ3v) is 8.30. The third kappa shape index (κ3) is 1.91. The molecule has 0 spiro atoms. The second-order valence-corrected chi connectivity index (χ2v) is 9.60. The van der Waals surface area contributed by atoms with Crippen molar-refractivity contribution in [2.45, 2.75) is 23.0 Å². The highest BCUT2D eigenvalue weighted by atomic mass is 16.5. The van der Waals surface area contributed by atoms with Gasteiger partial charge in [-0.25, -0.2) is 0 Å². The van der Waals surface area contributed by atoms with Crippen LogP contribution in [0.3, 0.4) is 0 Å². The van der Waals surface area contributed by atoms with Gasteiger partial charge in [0, 0.05) is 11.8 Å². The molecule has 2 heterocycles. The Balaban J connectivity index is 1.57. The van der Waals surface area contributed by atoms with Crippen molar-refractivity contribution in [1.29, 1.82) is 0 Å². The fraction of sp³-hybridized carbons (Fsp3) is 0.125. The van der Waals surface area contributed by atoms with Crippen LogP contribution < -0.4 is 0 Å². The number of benzene rings is 5. The van der Waals surface area contributed by atoms with Crippen molar-refractivity contribution in [2.75, 3.05) is 0 Å². The predicted octanol–water partition coefficient (Wildman–Crippen LogP) is 7.25. The SMILES string of the molecule is c1ccc(C23OC(c4ccccc4)(c4ccccc42)C2c4cccc5cccc(c45)C23)cc1. The molecule has 0 N–H and O–H groups in total. The maximum atomic E-state index is 7.55. The van der Waals surface area contributed by atoms with Crippen LogP contribution in [0.25, 0.3) is 10.8 Å². The third-order valence-electron chi connectivity index (χ3n) is 8.30. The first-order valence-corrected chi connectivity index (χ1v) is 11.8. The summed E-state index contributed by atoms with van der Waals surface area (Å²) < 4.78 is 7.55. The van der Waals surface area contributed by atoms with Crippen LogP contribution >= 0.6 is 0 Å². The van der Waals surface area contributed by atoms with Crippen molar-refractivity contribution in [3.05, 3.63) is 155 Å². The first-order chi connectivity index (χ1) is 16.4. The molecule has 1 nitrogen and oxygen atoms in total. The molecule has 5 aromatic carbocycles. The van der Waals surface area contributed by atoms with Gasteiger partial charge in [-0.3, -0.25) is 0 Å². The van der Waals surface area contributed by atoms with Gasteiger partial charge in [0.25, 0.3) is 0 Å². The lowest BCUT2D eigenvalue weighted by atomic mass is 9.60. The number of hydrogen-bond acceptors (Lipinski definition) is 1. The highest BCUT2D eigenvalue weighted by Gasteiger charge is 2.73. The molecule has 4 atom stereocenters. The van der Waals surface area contributed by atoms with Gasteiger partial charge in [0.05, 0.1) is 0 Å². The molecule has 0 saturated carbocycles. The first kappa shape index (κ1) is 17.8. The van der Waals surface area contributed by atoms with E-state index in [2.05, 4.69) is 121 Å². The Morgan fingerprint density at radius 1 is 0.455 bits per heavy atom. The molecule has 5 aromatic rings. The van der Waals surface area contributed by atoms with Crippen molar-refractivity contribution >= 4 is 10.8 Å². The molecule has 1 heteroatoms. The molecule has 2 bridgehead atoms. The van der Waals surface area contributed by atoms with Gasteiger partial charge in [-0.2, -0.15) is 0 Å². The zero-order chi connectivity index (χ0) is 21.6. The first-order valence-electron chi connectivity index (χ1n) is 11.8. The highest BCUT2D eigenvalue weighted by Crippen LogP contribution is 2.76. The lowest BCUT2D eigenvalue weighted by molar-refractivity contribution is -0.0480. The minimum atomic E-state index is -0.522. The molecule has 0 amide bonds. The zero-order valence-electron chi connectivity index (χ0n) is 18.1. The van der Waals surface area contributed by atoms with E-state index in [4.69, 9.17) is 4.74 Å². The molecule has 1 saturated heterocycles. The fourth-order valence-electron chi connectivity index (χ4n) is 7.30. The monoisotopic (exact) mass is 422 g/mol. The van der Waals surface area contributed by atoms with Crippen LogP contribution in [0.5, 0.6) is 0 Å². The van der Waals surface area contributed by atoms with Gasteiger partial charge in [-0.05, 0) is 44.2 Å². The van der Waals surface area contributed by atoms with E-state index in [1.165, 1.54) is 44.2 Å². The number of ether oxygens (including phenoxy) is 1. The minimum absolute atomic E-state index is 0.219. The largest absolute Gasteiger partial charge is 0.348 e. The van der Waals surface area contributed by atoms with Crippen LogP contribution in [0.4, 0.5) is 0 Å². The molecule has 4 unspecified atom stereocenters. The van der Waals surface area contributed by atoms with Crippen LogP contribution in [-0.4, -0.2) is 0 Å². The van der Waals surface area contributed by atoms with E-state index in [1.807, 2.05) is 0 Å². The van der Waals surface area contributed by atoms with Crippen LogP contribution in [0, 0.1) is 0 Å². The Bertz CT molecular complexity index is 1440.